The van der Waals surface area contributed by atoms with Crippen molar-refractivity contribution in [2.24, 2.45) is 0 Å². The van der Waals surface area contributed by atoms with E-state index >= 15 is 0 Å². The highest BCUT2D eigenvalue weighted by Gasteiger charge is 2.38. The van der Waals surface area contributed by atoms with E-state index in [1.807, 2.05) is 43.3 Å². The first-order valence-corrected chi connectivity index (χ1v) is 5.43. The number of benzene rings is 2. The van der Waals surface area contributed by atoms with Crippen molar-refractivity contribution in [1.29, 1.82) is 0 Å². The molecular formula is C15H12O. The van der Waals surface area contributed by atoms with E-state index in [2.05, 4.69) is 12.1 Å². The lowest BCUT2D eigenvalue weighted by atomic mass is 9.82. The summed E-state index contributed by atoms with van der Waals surface area (Å²) in [6, 6.07) is 16.3. The van der Waals surface area contributed by atoms with E-state index in [4.69, 9.17) is 0 Å². The third-order valence-electron chi connectivity index (χ3n) is 3.50. The summed E-state index contributed by atoms with van der Waals surface area (Å²) in [7, 11) is 0. The van der Waals surface area contributed by atoms with Crippen LogP contribution < -0.4 is 0 Å². The largest absolute Gasteiger partial charge is 0.302 e. The monoisotopic (exact) mass is 208 g/mol. The standard InChI is InChI=1S/C15H12O/c1-15(10-16)13-8-4-2-6-11(13)12-7-3-5-9-14(12)15/h2-10H,1H3. The summed E-state index contributed by atoms with van der Waals surface area (Å²) in [5, 5.41) is 0. The Morgan fingerprint density at radius 3 is 1.75 bits per heavy atom. The van der Waals surface area contributed by atoms with Crippen LogP contribution in [0.3, 0.4) is 0 Å². The molecular weight excluding hydrogens is 196 g/mol. The maximum Gasteiger partial charge on any atom is 0.134 e. The van der Waals surface area contributed by atoms with E-state index in [0.717, 1.165) is 17.4 Å². The Morgan fingerprint density at radius 2 is 1.31 bits per heavy atom. The molecule has 2 aromatic rings. The van der Waals surface area contributed by atoms with Gasteiger partial charge < -0.3 is 4.79 Å². The molecule has 2 aromatic carbocycles. The topological polar surface area (TPSA) is 17.1 Å². The van der Waals surface area contributed by atoms with Crippen molar-refractivity contribution in [2.75, 3.05) is 0 Å². The van der Waals surface area contributed by atoms with Gasteiger partial charge in [0.05, 0.1) is 5.41 Å². The maximum absolute atomic E-state index is 11.5. The highest BCUT2D eigenvalue weighted by atomic mass is 16.1. The second-order valence-corrected chi connectivity index (χ2v) is 4.41. The van der Waals surface area contributed by atoms with Crippen LogP contribution in [-0.2, 0) is 10.2 Å². The average molecular weight is 208 g/mol. The van der Waals surface area contributed by atoms with Crippen LogP contribution in [0, 0.1) is 0 Å². The summed E-state index contributed by atoms with van der Waals surface area (Å²) in [4.78, 5) is 11.5. The molecule has 0 aromatic heterocycles. The lowest BCUT2D eigenvalue weighted by molar-refractivity contribution is -0.110. The van der Waals surface area contributed by atoms with Gasteiger partial charge in [0, 0.05) is 0 Å². The molecule has 0 saturated heterocycles. The van der Waals surface area contributed by atoms with Crippen molar-refractivity contribution in [3.8, 4) is 11.1 Å². The summed E-state index contributed by atoms with van der Waals surface area (Å²) in [5.41, 5.74) is 4.13. The van der Waals surface area contributed by atoms with Crippen LogP contribution in [0.2, 0.25) is 0 Å². The first-order valence-electron chi connectivity index (χ1n) is 5.43. The molecule has 16 heavy (non-hydrogen) atoms. The molecule has 0 atom stereocenters. The van der Waals surface area contributed by atoms with Crippen molar-refractivity contribution in [2.45, 2.75) is 12.3 Å². The van der Waals surface area contributed by atoms with Crippen LogP contribution in [0.5, 0.6) is 0 Å². The number of rotatable bonds is 1. The van der Waals surface area contributed by atoms with E-state index in [9.17, 15) is 4.79 Å². The predicted molar refractivity (Wildman–Crippen MR) is 64.4 cm³/mol. The average Bonchev–Trinajstić information content (AvgIpc) is 2.62. The van der Waals surface area contributed by atoms with Gasteiger partial charge in [-0.15, -0.1) is 0 Å². The number of fused-ring (bicyclic) bond motifs is 3. The zero-order chi connectivity index (χ0) is 11.2. The molecule has 0 unspecified atom stereocenters. The first-order chi connectivity index (χ1) is 7.77. The normalized spacial score (nSPS) is 15.3. The Morgan fingerprint density at radius 1 is 0.875 bits per heavy atom. The third-order valence-corrected chi connectivity index (χ3v) is 3.50. The number of hydrogen-bond acceptors (Lipinski definition) is 1. The summed E-state index contributed by atoms with van der Waals surface area (Å²) in [5.74, 6) is 0. The van der Waals surface area contributed by atoms with Gasteiger partial charge in [0.2, 0.25) is 0 Å². The van der Waals surface area contributed by atoms with Crippen molar-refractivity contribution < 1.29 is 4.79 Å². The lowest BCUT2D eigenvalue weighted by Crippen LogP contribution is -2.22. The number of aldehydes is 1. The molecule has 0 radical (unpaired) electrons. The minimum absolute atomic E-state index is 0.479. The summed E-state index contributed by atoms with van der Waals surface area (Å²) >= 11 is 0. The molecule has 0 heterocycles. The Balaban J connectivity index is 2.43. The smallest absolute Gasteiger partial charge is 0.134 e. The van der Waals surface area contributed by atoms with Gasteiger partial charge in [-0.05, 0) is 29.2 Å². The molecule has 0 bridgehead atoms. The number of carbonyl (C=O) groups is 1. The fourth-order valence-corrected chi connectivity index (χ4v) is 2.61. The van der Waals surface area contributed by atoms with Gasteiger partial charge in [-0.1, -0.05) is 48.5 Å². The Bertz CT molecular complexity index is 524. The Kier molecular flexibility index (Phi) is 1.78. The predicted octanol–water partition coefficient (Wildman–Crippen LogP) is 3.17. The maximum atomic E-state index is 11.5. The first kappa shape index (κ1) is 9.34. The van der Waals surface area contributed by atoms with Gasteiger partial charge in [0.15, 0.2) is 0 Å². The second-order valence-electron chi connectivity index (χ2n) is 4.41. The van der Waals surface area contributed by atoms with Crippen LogP contribution in [0.15, 0.2) is 48.5 Å². The molecule has 1 heteroatoms. The van der Waals surface area contributed by atoms with E-state index in [-0.39, 0.29) is 0 Å². The molecule has 3 rings (SSSR count). The van der Waals surface area contributed by atoms with Crippen LogP contribution in [0.1, 0.15) is 18.1 Å². The van der Waals surface area contributed by atoms with Crippen molar-refractivity contribution in [1.82, 2.24) is 0 Å². The van der Waals surface area contributed by atoms with Gasteiger partial charge in [-0.3, -0.25) is 0 Å². The SMILES string of the molecule is CC1(C=O)c2ccccc2-c2ccccc21. The molecule has 78 valence electrons. The molecule has 0 amide bonds. The fourth-order valence-electron chi connectivity index (χ4n) is 2.61. The van der Waals surface area contributed by atoms with Crippen molar-refractivity contribution in [3.63, 3.8) is 0 Å². The molecule has 0 aliphatic heterocycles. The molecule has 0 fully saturated rings. The summed E-state index contributed by atoms with van der Waals surface area (Å²) in [6.45, 7) is 1.99. The minimum atomic E-state index is -0.479. The molecule has 1 aliphatic carbocycles. The lowest BCUT2D eigenvalue weighted by Gasteiger charge is -2.19. The van der Waals surface area contributed by atoms with Crippen LogP contribution in [-0.4, -0.2) is 6.29 Å². The highest BCUT2D eigenvalue weighted by molar-refractivity contribution is 5.91. The van der Waals surface area contributed by atoms with E-state index < -0.39 is 5.41 Å². The molecule has 0 N–H and O–H groups in total. The van der Waals surface area contributed by atoms with Gasteiger partial charge >= 0.3 is 0 Å². The van der Waals surface area contributed by atoms with E-state index in [1.165, 1.54) is 11.1 Å². The Hall–Kier alpha value is -1.89. The van der Waals surface area contributed by atoms with Crippen LogP contribution >= 0.6 is 0 Å². The van der Waals surface area contributed by atoms with Gasteiger partial charge in [0.1, 0.15) is 6.29 Å². The quantitative estimate of drug-likeness (QED) is 0.658. The van der Waals surface area contributed by atoms with Crippen LogP contribution in [0.25, 0.3) is 11.1 Å². The van der Waals surface area contributed by atoms with Gasteiger partial charge in [-0.2, -0.15) is 0 Å². The summed E-state index contributed by atoms with van der Waals surface area (Å²) in [6.07, 6.45) is 1.05. The zero-order valence-electron chi connectivity index (χ0n) is 9.10. The fraction of sp³-hybridized carbons (Fsp3) is 0.133. The van der Waals surface area contributed by atoms with E-state index in [0.29, 0.717) is 0 Å². The van der Waals surface area contributed by atoms with Crippen molar-refractivity contribution >= 4 is 6.29 Å². The Labute approximate surface area is 94.7 Å². The third kappa shape index (κ3) is 0.977. The second kappa shape index (κ2) is 3.05. The van der Waals surface area contributed by atoms with E-state index in [1.54, 1.807) is 0 Å². The van der Waals surface area contributed by atoms with Crippen molar-refractivity contribution in [3.05, 3.63) is 59.7 Å². The zero-order valence-corrected chi connectivity index (χ0v) is 9.10. The minimum Gasteiger partial charge on any atom is -0.302 e. The number of carbonyl (C=O) groups excluding carboxylic acids is 1. The molecule has 0 spiro atoms. The molecule has 1 aliphatic rings. The van der Waals surface area contributed by atoms with Gasteiger partial charge in [0.25, 0.3) is 0 Å². The highest BCUT2D eigenvalue weighted by Crippen LogP contribution is 2.47. The summed E-state index contributed by atoms with van der Waals surface area (Å²) < 4.78 is 0. The number of hydrogen-bond donors (Lipinski definition) is 0. The van der Waals surface area contributed by atoms with Gasteiger partial charge in [-0.25, -0.2) is 0 Å². The van der Waals surface area contributed by atoms with Crippen LogP contribution in [0.4, 0.5) is 0 Å². The molecule has 0 saturated carbocycles. The molecule has 1 nitrogen and oxygen atoms in total.